The quantitative estimate of drug-likeness (QED) is 0.858. The van der Waals surface area contributed by atoms with Crippen molar-refractivity contribution in [1.29, 1.82) is 0 Å². The summed E-state index contributed by atoms with van der Waals surface area (Å²) < 4.78 is 0. The highest BCUT2D eigenvalue weighted by Crippen LogP contribution is 2.24. The fourth-order valence-electron chi connectivity index (χ4n) is 2.67. The molecule has 1 saturated heterocycles. The Morgan fingerprint density at radius 3 is 2.29 bits per heavy atom. The van der Waals surface area contributed by atoms with Crippen LogP contribution < -0.4 is 5.32 Å². The van der Waals surface area contributed by atoms with Gasteiger partial charge in [-0.05, 0) is 24.0 Å². The molecule has 0 unspecified atom stereocenters. The molecule has 1 aliphatic heterocycles. The van der Waals surface area contributed by atoms with Crippen molar-refractivity contribution in [3.8, 4) is 0 Å². The Morgan fingerprint density at radius 1 is 1.12 bits per heavy atom. The zero-order chi connectivity index (χ0) is 12.1. The number of rotatable bonds is 4. The monoisotopic (exact) mass is 232 g/mol. The summed E-state index contributed by atoms with van der Waals surface area (Å²) in [6.07, 6.45) is 2.33. The standard InChI is InChI=1S/C15H24N2/c1-3-13-5-7-14(8-6-13)15(4-2)17-11-9-16-10-12-17/h5-8,15-16H,3-4,9-12H2,1-2H3/t15-/m0/s1. The molecule has 1 atom stereocenters. The minimum absolute atomic E-state index is 0.600. The van der Waals surface area contributed by atoms with E-state index in [-0.39, 0.29) is 0 Å². The summed E-state index contributed by atoms with van der Waals surface area (Å²) in [6.45, 7) is 9.11. The summed E-state index contributed by atoms with van der Waals surface area (Å²) >= 11 is 0. The molecular formula is C15H24N2. The van der Waals surface area contributed by atoms with Gasteiger partial charge >= 0.3 is 0 Å². The fraction of sp³-hybridized carbons (Fsp3) is 0.600. The van der Waals surface area contributed by atoms with Crippen LogP contribution in [0.3, 0.4) is 0 Å². The van der Waals surface area contributed by atoms with Gasteiger partial charge in [0.15, 0.2) is 0 Å². The van der Waals surface area contributed by atoms with Crippen LogP contribution in [0.2, 0.25) is 0 Å². The molecule has 0 bridgehead atoms. The van der Waals surface area contributed by atoms with E-state index >= 15 is 0 Å². The van der Waals surface area contributed by atoms with Gasteiger partial charge in [0.05, 0.1) is 0 Å². The number of nitrogens with zero attached hydrogens (tertiary/aromatic N) is 1. The molecule has 2 rings (SSSR count). The molecule has 0 radical (unpaired) electrons. The molecule has 1 fully saturated rings. The second-order valence-corrected chi connectivity index (χ2v) is 4.81. The van der Waals surface area contributed by atoms with Crippen LogP contribution in [0.4, 0.5) is 0 Å². The lowest BCUT2D eigenvalue weighted by Gasteiger charge is -2.34. The van der Waals surface area contributed by atoms with Crippen LogP contribution in [0.1, 0.15) is 37.4 Å². The third-order valence-electron chi connectivity index (χ3n) is 3.75. The molecule has 1 aromatic rings. The van der Waals surface area contributed by atoms with Crippen LogP contribution in [-0.2, 0) is 6.42 Å². The molecule has 17 heavy (non-hydrogen) atoms. The van der Waals surface area contributed by atoms with E-state index in [0.29, 0.717) is 6.04 Å². The first-order valence-electron chi connectivity index (χ1n) is 6.88. The smallest absolute Gasteiger partial charge is 0.0346 e. The summed E-state index contributed by atoms with van der Waals surface area (Å²) in [4.78, 5) is 2.61. The van der Waals surface area contributed by atoms with Gasteiger partial charge in [-0.3, -0.25) is 4.90 Å². The van der Waals surface area contributed by atoms with Crippen molar-refractivity contribution in [2.75, 3.05) is 26.2 Å². The molecule has 1 heterocycles. The van der Waals surface area contributed by atoms with Crippen molar-refractivity contribution in [3.63, 3.8) is 0 Å². The lowest BCUT2D eigenvalue weighted by molar-refractivity contribution is 0.169. The summed E-state index contributed by atoms with van der Waals surface area (Å²) in [5.74, 6) is 0. The maximum absolute atomic E-state index is 3.42. The minimum Gasteiger partial charge on any atom is -0.314 e. The lowest BCUT2D eigenvalue weighted by atomic mass is 10.00. The van der Waals surface area contributed by atoms with Gasteiger partial charge in [-0.2, -0.15) is 0 Å². The van der Waals surface area contributed by atoms with Gasteiger partial charge in [-0.15, -0.1) is 0 Å². The van der Waals surface area contributed by atoms with Crippen LogP contribution in [0.25, 0.3) is 0 Å². The Morgan fingerprint density at radius 2 is 1.76 bits per heavy atom. The van der Waals surface area contributed by atoms with E-state index in [1.165, 1.54) is 30.6 Å². The minimum atomic E-state index is 0.600. The second-order valence-electron chi connectivity index (χ2n) is 4.81. The topological polar surface area (TPSA) is 15.3 Å². The summed E-state index contributed by atoms with van der Waals surface area (Å²) in [5.41, 5.74) is 2.91. The van der Waals surface area contributed by atoms with Crippen molar-refractivity contribution in [2.24, 2.45) is 0 Å². The highest BCUT2D eigenvalue weighted by Gasteiger charge is 2.20. The molecule has 0 saturated carbocycles. The Kier molecular flexibility index (Phi) is 4.57. The molecule has 0 aliphatic carbocycles. The first kappa shape index (κ1) is 12.6. The number of nitrogens with one attached hydrogen (secondary N) is 1. The number of aryl methyl sites for hydroxylation is 1. The maximum atomic E-state index is 3.42. The van der Waals surface area contributed by atoms with Gasteiger partial charge in [0.1, 0.15) is 0 Å². The molecule has 1 N–H and O–H groups in total. The summed E-state index contributed by atoms with van der Waals surface area (Å²) in [5, 5.41) is 3.42. The Hall–Kier alpha value is -0.860. The SMILES string of the molecule is CCc1ccc([C@H](CC)N2CCNCC2)cc1. The van der Waals surface area contributed by atoms with E-state index in [1.54, 1.807) is 0 Å². The maximum Gasteiger partial charge on any atom is 0.0346 e. The molecule has 1 aliphatic rings. The Labute approximate surface area is 105 Å². The Balaban J connectivity index is 2.10. The van der Waals surface area contributed by atoms with Crippen LogP contribution in [0, 0.1) is 0 Å². The van der Waals surface area contributed by atoms with Gasteiger partial charge < -0.3 is 5.32 Å². The molecule has 94 valence electrons. The van der Waals surface area contributed by atoms with Crippen LogP contribution >= 0.6 is 0 Å². The van der Waals surface area contributed by atoms with Crippen molar-refractivity contribution < 1.29 is 0 Å². The third-order valence-corrected chi connectivity index (χ3v) is 3.75. The summed E-state index contributed by atoms with van der Waals surface area (Å²) in [7, 11) is 0. The van der Waals surface area contributed by atoms with E-state index in [4.69, 9.17) is 0 Å². The van der Waals surface area contributed by atoms with E-state index in [1.807, 2.05) is 0 Å². The Bertz CT molecular complexity index is 325. The van der Waals surface area contributed by atoms with Gasteiger partial charge in [-0.1, -0.05) is 38.1 Å². The van der Waals surface area contributed by atoms with E-state index in [0.717, 1.165) is 19.5 Å². The van der Waals surface area contributed by atoms with Gasteiger partial charge in [0.2, 0.25) is 0 Å². The van der Waals surface area contributed by atoms with Crippen LogP contribution in [0.5, 0.6) is 0 Å². The van der Waals surface area contributed by atoms with E-state index < -0.39 is 0 Å². The predicted molar refractivity (Wildman–Crippen MR) is 73.3 cm³/mol. The third kappa shape index (κ3) is 3.08. The summed E-state index contributed by atoms with van der Waals surface area (Å²) in [6, 6.07) is 9.78. The first-order valence-corrected chi connectivity index (χ1v) is 6.88. The molecule has 0 spiro atoms. The van der Waals surface area contributed by atoms with Crippen molar-refractivity contribution in [2.45, 2.75) is 32.7 Å². The predicted octanol–water partition coefficient (Wildman–Crippen LogP) is 2.61. The number of piperazine rings is 1. The molecule has 2 nitrogen and oxygen atoms in total. The average molecular weight is 232 g/mol. The van der Waals surface area contributed by atoms with Gasteiger partial charge in [0.25, 0.3) is 0 Å². The van der Waals surface area contributed by atoms with Crippen LogP contribution in [-0.4, -0.2) is 31.1 Å². The molecule has 0 amide bonds. The molecular weight excluding hydrogens is 208 g/mol. The number of hydrogen-bond acceptors (Lipinski definition) is 2. The van der Waals surface area contributed by atoms with Crippen molar-refractivity contribution in [3.05, 3.63) is 35.4 Å². The van der Waals surface area contributed by atoms with Gasteiger partial charge in [0, 0.05) is 32.2 Å². The normalized spacial score (nSPS) is 19.2. The zero-order valence-corrected chi connectivity index (χ0v) is 11.1. The molecule has 1 aromatic carbocycles. The molecule has 0 aromatic heterocycles. The lowest BCUT2D eigenvalue weighted by Crippen LogP contribution is -2.45. The average Bonchev–Trinajstić information content (AvgIpc) is 2.42. The second kappa shape index (κ2) is 6.18. The highest BCUT2D eigenvalue weighted by atomic mass is 15.2. The first-order chi connectivity index (χ1) is 8.35. The number of benzene rings is 1. The fourth-order valence-corrected chi connectivity index (χ4v) is 2.67. The largest absolute Gasteiger partial charge is 0.314 e. The number of hydrogen-bond donors (Lipinski definition) is 1. The van der Waals surface area contributed by atoms with E-state index in [2.05, 4.69) is 48.3 Å². The van der Waals surface area contributed by atoms with E-state index in [9.17, 15) is 0 Å². The van der Waals surface area contributed by atoms with Crippen molar-refractivity contribution in [1.82, 2.24) is 10.2 Å². The van der Waals surface area contributed by atoms with Crippen molar-refractivity contribution >= 4 is 0 Å². The highest BCUT2D eigenvalue weighted by molar-refractivity contribution is 5.25. The zero-order valence-electron chi connectivity index (χ0n) is 11.1. The van der Waals surface area contributed by atoms with Gasteiger partial charge in [-0.25, -0.2) is 0 Å². The van der Waals surface area contributed by atoms with Crippen LogP contribution in [0.15, 0.2) is 24.3 Å². The molecule has 2 heteroatoms.